The number of anilines is 1. The molecule has 1 amide bonds. The summed E-state index contributed by atoms with van der Waals surface area (Å²) in [6, 6.07) is 2.91. The number of aromatic nitrogens is 1. The average molecular weight is 315 g/mol. The van der Waals surface area contributed by atoms with Gasteiger partial charge in [-0.05, 0) is 40.5 Å². The minimum absolute atomic E-state index is 0.242. The quantitative estimate of drug-likeness (QED) is 0.920. The second-order valence-electron chi connectivity index (χ2n) is 3.40. The van der Waals surface area contributed by atoms with Gasteiger partial charge in [-0.3, -0.25) is 9.78 Å². The Labute approximate surface area is 110 Å². The fraction of sp³-hybridized carbons (Fsp3) is 0.0909. The molecule has 2 aromatic rings. The number of amides is 1. The van der Waals surface area contributed by atoms with Crippen LogP contribution in [0.1, 0.15) is 15.2 Å². The zero-order valence-corrected chi connectivity index (χ0v) is 11.2. The molecule has 0 unspecified atom stereocenters. The summed E-state index contributed by atoms with van der Waals surface area (Å²) in [6.07, 6.45) is 1.49. The van der Waals surface area contributed by atoms with E-state index >= 15 is 0 Å². The van der Waals surface area contributed by atoms with Gasteiger partial charge >= 0.3 is 0 Å². The molecule has 0 radical (unpaired) electrons. The molecule has 0 aliphatic carbocycles. The zero-order chi connectivity index (χ0) is 12.4. The van der Waals surface area contributed by atoms with Gasteiger partial charge in [0.25, 0.3) is 5.91 Å². The Morgan fingerprint density at radius 3 is 2.94 bits per heavy atom. The number of nitrogens with zero attached hydrogens (tertiary/aromatic N) is 1. The maximum Gasteiger partial charge on any atom is 0.267 e. The Hall–Kier alpha value is -1.27. The summed E-state index contributed by atoms with van der Waals surface area (Å²) in [5.41, 5.74) is 2.84. The molecular weight excluding hydrogens is 307 g/mol. The maximum absolute atomic E-state index is 13.2. The van der Waals surface area contributed by atoms with E-state index < -0.39 is 0 Å². The summed E-state index contributed by atoms with van der Waals surface area (Å²) in [5.74, 6) is -0.590. The molecule has 1 aromatic carbocycles. The van der Waals surface area contributed by atoms with Crippen molar-refractivity contribution in [1.29, 1.82) is 0 Å². The van der Waals surface area contributed by atoms with Crippen LogP contribution >= 0.6 is 27.3 Å². The molecule has 0 aliphatic rings. The summed E-state index contributed by atoms with van der Waals surface area (Å²) in [4.78, 5) is 16.1. The molecule has 1 heterocycles. The number of hydrogen-bond donors (Lipinski definition) is 1. The van der Waals surface area contributed by atoms with Crippen molar-refractivity contribution in [2.45, 2.75) is 6.92 Å². The number of rotatable bonds is 2. The van der Waals surface area contributed by atoms with Crippen molar-refractivity contribution in [2.75, 3.05) is 5.32 Å². The first-order chi connectivity index (χ1) is 8.08. The number of aryl methyl sites for hydroxylation is 1. The van der Waals surface area contributed by atoms with Gasteiger partial charge in [-0.1, -0.05) is 0 Å². The first-order valence-corrected chi connectivity index (χ1v) is 6.40. The molecule has 0 spiro atoms. The largest absolute Gasteiger partial charge is 0.321 e. The lowest BCUT2D eigenvalue weighted by molar-refractivity contribution is 0.103. The molecule has 6 heteroatoms. The number of nitrogens with one attached hydrogen (secondary N) is 1. The van der Waals surface area contributed by atoms with Crippen LogP contribution in [0.25, 0.3) is 0 Å². The highest BCUT2D eigenvalue weighted by Gasteiger charge is 2.11. The van der Waals surface area contributed by atoms with Crippen molar-refractivity contribution in [3.8, 4) is 0 Å². The second kappa shape index (κ2) is 4.93. The highest BCUT2D eigenvalue weighted by atomic mass is 79.9. The third-order valence-corrected chi connectivity index (χ3v) is 3.55. The minimum Gasteiger partial charge on any atom is -0.321 e. The van der Waals surface area contributed by atoms with E-state index in [4.69, 9.17) is 0 Å². The summed E-state index contributed by atoms with van der Waals surface area (Å²) in [7, 11) is 0. The van der Waals surface area contributed by atoms with E-state index in [-0.39, 0.29) is 11.7 Å². The highest BCUT2D eigenvalue weighted by Crippen LogP contribution is 2.24. The van der Waals surface area contributed by atoms with Gasteiger partial charge in [0.05, 0.1) is 16.2 Å². The zero-order valence-electron chi connectivity index (χ0n) is 8.83. The third kappa shape index (κ3) is 2.70. The Morgan fingerprint density at radius 1 is 1.53 bits per heavy atom. The molecule has 2 rings (SSSR count). The average Bonchev–Trinajstić information content (AvgIpc) is 2.79. The molecule has 0 saturated heterocycles. The smallest absolute Gasteiger partial charge is 0.267 e. The monoisotopic (exact) mass is 314 g/mol. The summed E-state index contributed by atoms with van der Waals surface area (Å²) in [5, 5.41) is 2.72. The van der Waals surface area contributed by atoms with E-state index in [0.717, 1.165) is 0 Å². The van der Waals surface area contributed by atoms with Crippen LogP contribution in [-0.2, 0) is 0 Å². The van der Waals surface area contributed by atoms with Gasteiger partial charge in [0.2, 0.25) is 0 Å². The van der Waals surface area contributed by atoms with Gasteiger partial charge in [-0.2, -0.15) is 0 Å². The van der Waals surface area contributed by atoms with E-state index in [1.165, 1.54) is 23.6 Å². The van der Waals surface area contributed by atoms with Crippen LogP contribution in [0.5, 0.6) is 0 Å². The third-order valence-electron chi connectivity index (χ3n) is 2.17. The fourth-order valence-electron chi connectivity index (χ4n) is 1.29. The van der Waals surface area contributed by atoms with Crippen molar-refractivity contribution in [3.63, 3.8) is 0 Å². The number of thiazole rings is 1. The molecular formula is C11H8BrFN2OS. The Kier molecular flexibility index (Phi) is 3.54. The number of halogens is 2. The first kappa shape index (κ1) is 12.2. The topological polar surface area (TPSA) is 42.0 Å². The van der Waals surface area contributed by atoms with Gasteiger partial charge in [0.15, 0.2) is 0 Å². The first-order valence-electron chi connectivity index (χ1n) is 4.73. The van der Waals surface area contributed by atoms with Crippen LogP contribution in [0.2, 0.25) is 0 Å². The van der Waals surface area contributed by atoms with Gasteiger partial charge in [-0.15, -0.1) is 11.3 Å². The van der Waals surface area contributed by atoms with Crippen molar-refractivity contribution in [2.24, 2.45) is 0 Å². The van der Waals surface area contributed by atoms with E-state index in [1.807, 2.05) is 0 Å². The lowest BCUT2D eigenvalue weighted by Crippen LogP contribution is -2.11. The van der Waals surface area contributed by atoms with E-state index in [0.29, 0.717) is 20.6 Å². The Balaban J connectivity index is 2.25. The molecule has 0 aliphatic heterocycles. The van der Waals surface area contributed by atoms with Crippen LogP contribution < -0.4 is 5.32 Å². The Morgan fingerprint density at radius 2 is 2.29 bits per heavy atom. The van der Waals surface area contributed by atoms with Gasteiger partial charge < -0.3 is 5.32 Å². The van der Waals surface area contributed by atoms with E-state index in [2.05, 4.69) is 26.2 Å². The standard InChI is InChI=1S/C11H8BrFN2OS/c1-6-2-8(13)7(12)3-9(6)15-11(16)10-4-14-5-17-10/h2-5H,1H3,(H,15,16). The Bertz CT molecular complexity index is 557. The van der Waals surface area contributed by atoms with Gasteiger partial charge in [0, 0.05) is 5.69 Å². The van der Waals surface area contributed by atoms with E-state index in [9.17, 15) is 9.18 Å². The molecule has 3 nitrogen and oxygen atoms in total. The normalized spacial score (nSPS) is 10.3. The van der Waals surface area contributed by atoms with Crippen molar-refractivity contribution in [3.05, 3.63) is 44.6 Å². The predicted molar refractivity (Wildman–Crippen MR) is 68.9 cm³/mol. The second-order valence-corrected chi connectivity index (χ2v) is 5.14. The maximum atomic E-state index is 13.2. The van der Waals surface area contributed by atoms with Crippen molar-refractivity contribution in [1.82, 2.24) is 4.98 Å². The summed E-state index contributed by atoms with van der Waals surface area (Å²) >= 11 is 4.34. The molecule has 88 valence electrons. The van der Waals surface area contributed by atoms with Crippen LogP contribution in [0.15, 0.2) is 28.3 Å². The molecule has 1 N–H and O–H groups in total. The lowest BCUT2D eigenvalue weighted by Gasteiger charge is -2.08. The number of hydrogen-bond acceptors (Lipinski definition) is 3. The summed E-state index contributed by atoms with van der Waals surface area (Å²) < 4.78 is 13.5. The lowest BCUT2D eigenvalue weighted by atomic mass is 10.2. The SMILES string of the molecule is Cc1cc(F)c(Br)cc1NC(=O)c1cncs1. The molecule has 1 aromatic heterocycles. The minimum atomic E-state index is -0.349. The highest BCUT2D eigenvalue weighted by molar-refractivity contribution is 9.10. The molecule has 17 heavy (non-hydrogen) atoms. The van der Waals surface area contributed by atoms with Crippen LogP contribution in [0, 0.1) is 12.7 Å². The van der Waals surface area contributed by atoms with Crippen molar-refractivity contribution < 1.29 is 9.18 Å². The number of carbonyl (C=O) groups excluding carboxylic acids is 1. The van der Waals surface area contributed by atoms with E-state index in [1.54, 1.807) is 18.5 Å². The van der Waals surface area contributed by atoms with Crippen LogP contribution in [0.4, 0.5) is 10.1 Å². The van der Waals surface area contributed by atoms with Crippen molar-refractivity contribution >= 4 is 38.9 Å². The number of carbonyl (C=O) groups is 1. The predicted octanol–water partition coefficient (Wildman–Crippen LogP) is 3.61. The van der Waals surface area contributed by atoms with Crippen LogP contribution in [0.3, 0.4) is 0 Å². The summed E-state index contributed by atoms with van der Waals surface area (Å²) in [6.45, 7) is 1.73. The van der Waals surface area contributed by atoms with Crippen LogP contribution in [-0.4, -0.2) is 10.9 Å². The van der Waals surface area contributed by atoms with Gasteiger partial charge in [-0.25, -0.2) is 4.39 Å². The fourth-order valence-corrected chi connectivity index (χ4v) is 2.15. The van der Waals surface area contributed by atoms with Gasteiger partial charge in [0.1, 0.15) is 10.7 Å². The molecule has 0 saturated carbocycles. The molecule has 0 atom stereocenters. The molecule has 0 bridgehead atoms. The number of benzene rings is 1. The molecule has 0 fully saturated rings.